The minimum Gasteiger partial charge on any atom is -0.207 e. The lowest BCUT2D eigenvalue weighted by Crippen LogP contribution is -1.91. The van der Waals surface area contributed by atoms with Gasteiger partial charge in [0.1, 0.15) is 11.6 Å². The van der Waals surface area contributed by atoms with Crippen LogP contribution in [0.5, 0.6) is 0 Å². The standard InChI is InChI=1S/C15H14F2/c1-2-4-13-9-12(7-8-15(13)17)11-5-3-6-14(16)10-11/h3,5-10H,2,4H2,1H3. The van der Waals surface area contributed by atoms with E-state index in [0.29, 0.717) is 12.0 Å². The molecule has 0 radical (unpaired) electrons. The largest absolute Gasteiger partial charge is 0.207 e. The molecule has 2 aromatic rings. The van der Waals surface area contributed by atoms with Crippen LogP contribution in [0.3, 0.4) is 0 Å². The minimum absolute atomic E-state index is 0.188. The second kappa shape index (κ2) is 5.09. The highest BCUT2D eigenvalue weighted by molar-refractivity contribution is 5.64. The third kappa shape index (κ3) is 2.70. The molecule has 0 aliphatic rings. The summed E-state index contributed by atoms with van der Waals surface area (Å²) >= 11 is 0. The highest BCUT2D eigenvalue weighted by atomic mass is 19.1. The summed E-state index contributed by atoms with van der Waals surface area (Å²) in [6, 6.07) is 11.3. The van der Waals surface area contributed by atoms with Gasteiger partial charge >= 0.3 is 0 Å². The zero-order chi connectivity index (χ0) is 12.3. The van der Waals surface area contributed by atoms with E-state index in [4.69, 9.17) is 0 Å². The molecule has 0 aliphatic carbocycles. The van der Waals surface area contributed by atoms with Crippen LogP contribution in [-0.4, -0.2) is 0 Å². The first kappa shape index (κ1) is 11.8. The Kier molecular flexibility index (Phi) is 3.52. The quantitative estimate of drug-likeness (QED) is 0.726. The van der Waals surface area contributed by atoms with Crippen LogP contribution in [0.2, 0.25) is 0 Å². The van der Waals surface area contributed by atoms with Crippen molar-refractivity contribution in [3.05, 3.63) is 59.7 Å². The minimum atomic E-state index is -0.274. The number of halogens is 2. The van der Waals surface area contributed by atoms with Gasteiger partial charge in [0.2, 0.25) is 0 Å². The first-order valence-electron chi connectivity index (χ1n) is 5.75. The second-order valence-corrected chi connectivity index (χ2v) is 4.07. The molecule has 0 nitrogen and oxygen atoms in total. The van der Waals surface area contributed by atoms with Crippen molar-refractivity contribution in [1.82, 2.24) is 0 Å². The topological polar surface area (TPSA) is 0 Å². The summed E-state index contributed by atoms with van der Waals surface area (Å²) in [7, 11) is 0. The molecule has 0 saturated heterocycles. The Bertz CT molecular complexity index is 518. The van der Waals surface area contributed by atoms with Crippen LogP contribution < -0.4 is 0 Å². The third-order valence-electron chi connectivity index (χ3n) is 2.72. The van der Waals surface area contributed by atoms with Gasteiger partial charge in [0.15, 0.2) is 0 Å². The molecule has 0 heterocycles. The molecule has 0 aromatic heterocycles. The first-order valence-corrected chi connectivity index (χ1v) is 5.75. The van der Waals surface area contributed by atoms with Gasteiger partial charge in [0.05, 0.1) is 0 Å². The maximum Gasteiger partial charge on any atom is 0.126 e. The second-order valence-electron chi connectivity index (χ2n) is 4.07. The van der Waals surface area contributed by atoms with E-state index in [1.807, 2.05) is 13.0 Å². The Morgan fingerprint density at radius 1 is 0.941 bits per heavy atom. The van der Waals surface area contributed by atoms with E-state index in [1.165, 1.54) is 18.2 Å². The number of benzene rings is 2. The van der Waals surface area contributed by atoms with Gasteiger partial charge in [-0.2, -0.15) is 0 Å². The van der Waals surface area contributed by atoms with E-state index >= 15 is 0 Å². The zero-order valence-corrected chi connectivity index (χ0v) is 9.71. The maximum absolute atomic E-state index is 13.5. The Balaban J connectivity index is 2.42. The molecule has 0 aliphatic heterocycles. The van der Waals surface area contributed by atoms with Crippen LogP contribution >= 0.6 is 0 Å². The van der Waals surface area contributed by atoms with E-state index in [1.54, 1.807) is 18.2 Å². The molecule has 0 spiro atoms. The molecule has 0 bridgehead atoms. The van der Waals surface area contributed by atoms with Gasteiger partial charge in [-0.1, -0.05) is 31.5 Å². The van der Waals surface area contributed by atoms with Crippen molar-refractivity contribution < 1.29 is 8.78 Å². The molecule has 0 fully saturated rings. The average molecular weight is 232 g/mol. The predicted molar refractivity (Wildman–Crippen MR) is 65.8 cm³/mol. The highest BCUT2D eigenvalue weighted by Gasteiger charge is 2.05. The van der Waals surface area contributed by atoms with E-state index in [-0.39, 0.29) is 11.6 Å². The fraction of sp³-hybridized carbons (Fsp3) is 0.200. The summed E-state index contributed by atoms with van der Waals surface area (Å²) in [6.07, 6.45) is 1.60. The Hall–Kier alpha value is -1.70. The average Bonchev–Trinajstić information content (AvgIpc) is 2.32. The van der Waals surface area contributed by atoms with Crippen molar-refractivity contribution in [3.8, 4) is 11.1 Å². The highest BCUT2D eigenvalue weighted by Crippen LogP contribution is 2.23. The molecule has 17 heavy (non-hydrogen) atoms. The molecule has 0 N–H and O–H groups in total. The van der Waals surface area contributed by atoms with Crippen molar-refractivity contribution in [3.63, 3.8) is 0 Å². The Morgan fingerprint density at radius 3 is 2.41 bits per heavy atom. The number of aryl methyl sites for hydroxylation is 1. The van der Waals surface area contributed by atoms with Crippen LogP contribution in [0.15, 0.2) is 42.5 Å². The van der Waals surface area contributed by atoms with E-state index in [0.717, 1.165) is 17.5 Å². The number of rotatable bonds is 3. The van der Waals surface area contributed by atoms with Crippen LogP contribution in [0, 0.1) is 11.6 Å². The summed E-state index contributed by atoms with van der Waals surface area (Å²) < 4.78 is 26.6. The number of hydrogen-bond acceptors (Lipinski definition) is 0. The van der Waals surface area contributed by atoms with Gasteiger partial charge in [-0.3, -0.25) is 0 Å². The van der Waals surface area contributed by atoms with Crippen LogP contribution in [0.25, 0.3) is 11.1 Å². The summed E-state index contributed by atoms with van der Waals surface area (Å²) in [5.74, 6) is -0.462. The normalized spacial score (nSPS) is 10.5. The Labute approximate surface area is 99.9 Å². The summed E-state index contributed by atoms with van der Waals surface area (Å²) in [5.41, 5.74) is 2.32. The van der Waals surface area contributed by atoms with Gasteiger partial charge < -0.3 is 0 Å². The fourth-order valence-corrected chi connectivity index (χ4v) is 1.88. The van der Waals surface area contributed by atoms with Gasteiger partial charge in [-0.05, 0) is 47.4 Å². The van der Waals surface area contributed by atoms with Crippen LogP contribution in [0.1, 0.15) is 18.9 Å². The molecule has 0 unspecified atom stereocenters. The molecule has 88 valence electrons. The molecule has 0 amide bonds. The predicted octanol–water partition coefficient (Wildman–Crippen LogP) is 4.58. The van der Waals surface area contributed by atoms with E-state index < -0.39 is 0 Å². The van der Waals surface area contributed by atoms with Crippen molar-refractivity contribution in [1.29, 1.82) is 0 Å². The summed E-state index contributed by atoms with van der Waals surface area (Å²) in [5, 5.41) is 0. The summed E-state index contributed by atoms with van der Waals surface area (Å²) in [4.78, 5) is 0. The Morgan fingerprint density at radius 2 is 1.71 bits per heavy atom. The van der Waals surface area contributed by atoms with Gasteiger partial charge in [-0.15, -0.1) is 0 Å². The van der Waals surface area contributed by atoms with Crippen molar-refractivity contribution in [2.24, 2.45) is 0 Å². The van der Waals surface area contributed by atoms with Crippen molar-refractivity contribution in [2.75, 3.05) is 0 Å². The molecular weight excluding hydrogens is 218 g/mol. The fourth-order valence-electron chi connectivity index (χ4n) is 1.88. The first-order chi connectivity index (χ1) is 8.20. The van der Waals surface area contributed by atoms with Gasteiger partial charge in [0.25, 0.3) is 0 Å². The lowest BCUT2D eigenvalue weighted by Gasteiger charge is -2.06. The lowest BCUT2D eigenvalue weighted by atomic mass is 10.0. The molecule has 2 heteroatoms. The molecular formula is C15H14F2. The monoisotopic (exact) mass is 232 g/mol. The van der Waals surface area contributed by atoms with E-state index in [9.17, 15) is 8.78 Å². The van der Waals surface area contributed by atoms with E-state index in [2.05, 4.69) is 0 Å². The van der Waals surface area contributed by atoms with Crippen molar-refractivity contribution in [2.45, 2.75) is 19.8 Å². The van der Waals surface area contributed by atoms with Gasteiger partial charge in [-0.25, -0.2) is 8.78 Å². The molecule has 2 aromatic carbocycles. The lowest BCUT2D eigenvalue weighted by molar-refractivity contribution is 0.607. The zero-order valence-electron chi connectivity index (χ0n) is 9.71. The molecule has 0 saturated carbocycles. The maximum atomic E-state index is 13.5. The molecule has 0 atom stereocenters. The molecule has 2 rings (SSSR count). The van der Waals surface area contributed by atoms with Gasteiger partial charge in [0, 0.05) is 0 Å². The van der Waals surface area contributed by atoms with Crippen LogP contribution in [0.4, 0.5) is 8.78 Å². The summed E-state index contributed by atoms with van der Waals surface area (Å²) in [6.45, 7) is 2.01. The SMILES string of the molecule is CCCc1cc(-c2cccc(F)c2)ccc1F. The third-order valence-corrected chi connectivity index (χ3v) is 2.72. The van der Waals surface area contributed by atoms with Crippen molar-refractivity contribution >= 4 is 0 Å². The number of hydrogen-bond donors (Lipinski definition) is 0. The smallest absolute Gasteiger partial charge is 0.126 e. The van der Waals surface area contributed by atoms with Crippen LogP contribution in [-0.2, 0) is 6.42 Å².